The number of hydrogen-bond donors (Lipinski definition) is 1. The minimum absolute atomic E-state index is 0.115. The van der Waals surface area contributed by atoms with E-state index in [1.807, 2.05) is 30.3 Å². The van der Waals surface area contributed by atoms with Crippen LogP contribution in [0.1, 0.15) is 25.3 Å². The first-order valence-electron chi connectivity index (χ1n) is 9.00. The molecule has 1 heterocycles. The monoisotopic (exact) mass is 368 g/mol. The molecule has 0 saturated heterocycles. The van der Waals surface area contributed by atoms with Gasteiger partial charge in [-0.15, -0.1) is 0 Å². The fraction of sp³-hybridized carbons (Fsp3) is 0.333. The summed E-state index contributed by atoms with van der Waals surface area (Å²) >= 11 is 0. The number of likely N-dealkylation sites (N-methyl/N-ethyl adjacent to an activating group) is 1. The quantitative estimate of drug-likeness (QED) is 0.881. The molecule has 1 aliphatic rings. The van der Waals surface area contributed by atoms with Crippen LogP contribution in [0.15, 0.2) is 48.5 Å². The van der Waals surface area contributed by atoms with Gasteiger partial charge < -0.3 is 19.7 Å². The van der Waals surface area contributed by atoms with E-state index in [4.69, 9.17) is 9.47 Å². The van der Waals surface area contributed by atoms with Crippen molar-refractivity contribution >= 4 is 17.5 Å². The molecule has 3 rings (SSSR count). The van der Waals surface area contributed by atoms with Crippen LogP contribution in [0.4, 0.5) is 5.69 Å². The molecule has 6 heteroatoms. The van der Waals surface area contributed by atoms with E-state index in [1.54, 1.807) is 30.1 Å². The molecule has 6 nitrogen and oxygen atoms in total. The van der Waals surface area contributed by atoms with Crippen LogP contribution in [-0.2, 0) is 9.59 Å². The fourth-order valence-electron chi connectivity index (χ4n) is 2.94. The summed E-state index contributed by atoms with van der Waals surface area (Å²) in [5.74, 6) is 1.08. The molecule has 27 heavy (non-hydrogen) atoms. The van der Waals surface area contributed by atoms with Crippen LogP contribution in [-0.4, -0.2) is 38.1 Å². The normalized spacial score (nSPS) is 15.7. The van der Waals surface area contributed by atoms with Crippen LogP contribution in [0.2, 0.25) is 0 Å². The largest absolute Gasteiger partial charge is 0.484 e. The number of rotatable bonds is 5. The van der Waals surface area contributed by atoms with Crippen molar-refractivity contribution in [3.63, 3.8) is 0 Å². The Morgan fingerprint density at radius 1 is 1.19 bits per heavy atom. The summed E-state index contributed by atoms with van der Waals surface area (Å²) in [6.45, 7) is 4.28. The third-order valence-electron chi connectivity index (χ3n) is 4.52. The van der Waals surface area contributed by atoms with Gasteiger partial charge in [-0.3, -0.25) is 9.59 Å². The molecule has 0 unspecified atom stereocenters. The summed E-state index contributed by atoms with van der Waals surface area (Å²) in [4.78, 5) is 26.3. The van der Waals surface area contributed by atoms with Gasteiger partial charge in [-0.1, -0.05) is 38.1 Å². The van der Waals surface area contributed by atoms with Crippen LogP contribution in [0, 0.1) is 0 Å². The number of amides is 2. The van der Waals surface area contributed by atoms with E-state index in [0.29, 0.717) is 23.1 Å². The molecule has 1 N–H and O–H groups in total. The molecule has 0 aromatic heterocycles. The zero-order chi connectivity index (χ0) is 19.4. The van der Waals surface area contributed by atoms with Crippen LogP contribution < -0.4 is 19.7 Å². The van der Waals surface area contributed by atoms with Gasteiger partial charge in [0.15, 0.2) is 12.7 Å². The number of anilines is 1. The molecule has 0 spiro atoms. The topological polar surface area (TPSA) is 67.9 Å². The average molecular weight is 368 g/mol. The third kappa shape index (κ3) is 4.22. The van der Waals surface area contributed by atoms with Gasteiger partial charge in [-0.05, 0) is 35.7 Å². The van der Waals surface area contributed by atoms with Crippen molar-refractivity contribution < 1.29 is 19.1 Å². The molecule has 1 aliphatic heterocycles. The molecular weight excluding hydrogens is 344 g/mol. The van der Waals surface area contributed by atoms with Crippen molar-refractivity contribution in [2.45, 2.75) is 25.9 Å². The van der Waals surface area contributed by atoms with Gasteiger partial charge in [-0.25, -0.2) is 0 Å². The first kappa shape index (κ1) is 18.8. The molecule has 0 radical (unpaired) electrons. The minimum Gasteiger partial charge on any atom is -0.484 e. The summed E-state index contributed by atoms with van der Waals surface area (Å²) in [6, 6.07) is 14.9. The van der Waals surface area contributed by atoms with Gasteiger partial charge in [0, 0.05) is 7.05 Å². The Hall–Kier alpha value is -3.02. The SMILES string of the molecule is CNC(=O)[C@H]1CN(C(=O)COc2ccc(C(C)C)cc2)c2ccccc2O1. The van der Waals surface area contributed by atoms with E-state index in [9.17, 15) is 9.59 Å². The van der Waals surface area contributed by atoms with Crippen molar-refractivity contribution in [2.24, 2.45) is 0 Å². The van der Waals surface area contributed by atoms with Gasteiger partial charge in [-0.2, -0.15) is 0 Å². The first-order chi connectivity index (χ1) is 13.0. The molecule has 0 aliphatic carbocycles. The smallest absolute Gasteiger partial charge is 0.265 e. The molecular formula is C21H24N2O4. The second-order valence-electron chi connectivity index (χ2n) is 6.71. The van der Waals surface area contributed by atoms with E-state index in [2.05, 4.69) is 19.2 Å². The number of fused-ring (bicyclic) bond motifs is 1. The molecule has 0 saturated carbocycles. The highest BCUT2D eigenvalue weighted by Gasteiger charge is 2.33. The molecule has 2 aromatic rings. The molecule has 2 amide bonds. The van der Waals surface area contributed by atoms with E-state index in [0.717, 1.165) is 0 Å². The highest BCUT2D eigenvalue weighted by Crippen LogP contribution is 2.33. The summed E-state index contributed by atoms with van der Waals surface area (Å²) < 4.78 is 11.4. The maximum absolute atomic E-state index is 12.8. The molecule has 0 bridgehead atoms. The van der Waals surface area contributed by atoms with Gasteiger partial charge in [0.25, 0.3) is 11.8 Å². The maximum Gasteiger partial charge on any atom is 0.265 e. The van der Waals surface area contributed by atoms with E-state index >= 15 is 0 Å². The standard InChI is InChI=1S/C21H24N2O4/c1-14(2)15-8-10-16(11-9-15)26-13-20(24)23-12-19(21(25)22-3)27-18-7-5-4-6-17(18)23/h4-11,14,19H,12-13H2,1-3H3,(H,22,25)/t19-/m1/s1. The summed E-state index contributed by atoms with van der Waals surface area (Å²) in [5.41, 5.74) is 1.85. The molecule has 1 atom stereocenters. The number of ether oxygens (including phenoxy) is 2. The Morgan fingerprint density at radius 3 is 2.56 bits per heavy atom. The lowest BCUT2D eigenvalue weighted by atomic mass is 10.0. The predicted molar refractivity (Wildman–Crippen MR) is 103 cm³/mol. The van der Waals surface area contributed by atoms with E-state index in [1.165, 1.54) is 5.56 Å². The number of nitrogens with one attached hydrogen (secondary N) is 1. The number of para-hydroxylation sites is 2. The minimum atomic E-state index is -0.751. The van der Waals surface area contributed by atoms with Crippen molar-refractivity contribution in [3.8, 4) is 11.5 Å². The number of benzene rings is 2. The number of carbonyl (C=O) groups is 2. The van der Waals surface area contributed by atoms with Gasteiger partial charge in [0.2, 0.25) is 0 Å². The lowest BCUT2D eigenvalue weighted by Gasteiger charge is -2.33. The van der Waals surface area contributed by atoms with Crippen molar-refractivity contribution in [1.82, 2.24) is 5.32 Å². The summed E-state index contributed by atoms with van der Waals surface area (Å²) in [7, 11) is 1.54. The van der Waals surface area contributed by atoms with Gasteiger partial charge in [0.1, 0.15) is 11.5 Å². The van der Waals surface area contributed by atoms with Gasteiger partial charge >= 0.3 is 0 Å². The zero-order valence-electron chi connectivity index (χ0n) is 15.8. The summed E-state index contributed by atoms with van der Waals surface area (Å²) in [6.07, 6.45) is -0.751. The Bertz CT molecular complexity index is 817. The van der Waals surface area contributed by atoms with E-state index in [-0.39, 0.29) is 25.0 Å². The van der Waals surface area contributed by atoms with Crippen molar-refractivity contribution in [2.75, 3.05) is 25.1 Å². The summed E-state index contributed by atoms with van der Waals surface area (Å²) in [5, 5.41) is 2.56. The fourth-order valence-corrected chi connectivity index (χ4v) is 2.94. The Morgan fingerprint density at radius 2 is 1.89 bits per heavy atom. The number of nitrogens with zero attached hydrogens (tertiary/aromatic N) is 1. The molecule has 142 valence electrons. The van der Waals surface area contributed by atoms with Crippen LogP contribution in [0.25, 0.3) is 0 Å². The third-order valence-corrected chi connectivity index (χ3v) is 4.52. The first-order valence-corrected chi connectivity index (χ1v) is 9.00. The highest BCUT2D eigenvalue weighted by molar-refractivity contribution is 5.98. The Labute approximate surface area is 159 Å². The Balaban J connectivity index is 1.72. The number of carbonyl (C=O) groups excluding carboxylic acids is 2. The maximum atomic E-state index is 12.8. The zero-order valence-corrected chi connectivity index (χ0v) is 15.8. The number of hydrogen-bond acceptors (Lipinski definition) is 4. The van der Waals surface area contributed by atoms with Crippen LogP contribution in [0.3, 0.4) is 0 Å². The second kappa shape index (κ2) is 8.12. The molecule has 0 fully saturated rings. The van der Waals surface area contributed by atoms with E-state index < -0.39 is 6.10 Å². The lowest BCUT2D eigenvalue weighted by Crippen LogP contribution is -2.51. The highest BCUT2D eigenvalue weighted by atomic mass is 16.5. The predicted octanol–water partition coefficient (Wildman–Crippen LogP) is 2.73. The average Bonchev–Trinajstić information content (AvgIpc) is 2.70. The molecule has 2 aromatic carbocycles. The van der Waals surface area contributed by atoms with Gasteiger partial charge in [0.05, 0.1) is 12.2 Å². The van der Waals surface area contributed by atoms with Crippen LogP contribution in [0.5, 0.6) is 11.5 Å². The van der Waals surface area contributed by atoms with Crippen molar-refractivity contribution in [3.05, 3.63) is 54.1 Å². The second-order valence-corrected chi connectivity index (χ2v) is 6.71. The lowest BCUT2D eigenvalue weighted by molar-refractivity contribution is -0.128. The Kier molecular flexibility index (Phi) is 5.64. The van der Waals surface area contributed by atoms with Crippen molar-refractivity contribution in [1.29, 1.82) is 0 Å². The van der Waals surface area contributed by atoms with Crippen LogP contribution >= 0.6 is 0 Å².